The molecule has 190 valence electrons. The molecule has 2 aliphatic heterocycles. The summed E-state index contributed by atoms with van der Waals surface area (Å²) in [4.78, 5) is 39.5. The van der Waals surface area contributed by atoms with Crippen LogP contribution in [0.3, 0.4) is 0 Å². The Hall–Kier alpha value is -3.87. The molecule has 0 aliphatic carbocycles. The van der Waals surface area contributed by atoms with Crippen LogP contribution in [0.5, 0.6) is 5.75 Å². The molecule has 36 heavy (non-hydrogen) atoms. The van der Waals surface area contributed by atoms with E-state index in [-0.39, 0.29) is 17.7 Å². The normalized spacial score (nSPS) is 21.6. The Morgan fingerprint density at radius 2 is 1.69 bits per heavy atom. The summed E-state index contributed by atoms with van der Waals surface area (Å²) in [5, 5.41) is 8.45. The molecule has 3 N–H and O–H groups in total. The van der Waals surface area contributed by atoms with Crippen LogP contribution >= 0.6 is 0 Å². The fourth-order valence-electron chi connectivity index (χ4n) is 3.82. The van der Waals surface area contributed by atoms with E-state index in [4.69, 9.17) is 4.74 Å². The van der Waals surface area contributed by atoms with Gasteiger partial charge in [-0.25, -0.2) is 0 Å². The number of fused-ring (bicyclic) bond motifs is 10. The Kier molecular flexibility index (Phi) is 9.45. The van der Waals surface area contributed by atoms with Crippen LogP contribution in [-0.2, 0) is 14.4 Å². The number of amides is 3. The number of rotatable bonds is 6. The van der Waals surface area contributed by atoms with Gasteiger partial charge in [0.05, 0.1) is 0 Å². The van der Waals surface area contributed by atoms with E-state index >= 15 is 0 Å². The van der Waals surface area contributed by atoms with Crippen molar-refractivity contribution < 1.29 is 19.1 Å². The van der Waals surface area contributed by atoms with E-state index in [1.54, 1.807) is 30.5 Å². The van der Waals surface area contributed by atoms with Gasteiger partial charge in [0.15, 0.2) is 6.10 Å². The van der Waals surface area contributed by atoms with Crippen LogP contribution in [0.2, 0.25) is 0 Å². The molecule has 2 aromatic rings. The first kappa shape index (κ1) is 26.7. The lowest BCUT2D eigenvalue weighted by molar-refractivity contribution is -0.133. The zero-order chi connectivity index (χ0) is 26.1. The van der Waals surface area contributed by atoms with Crippen molar-refractivity contribution in [1.29, 1.82) is 0 Å². The molecule has 0 spiro atoms. The van der Waals surface area contributed by atoms with Gasteiger partial charge in [0.2, 0.25) is 17.7 Å². The molecule has 2 aliphatic rings. The highest BCUT2D eigenvalue weighted by Crippen LogP contribution is 2.26. The Labute approximate surface area is 213 Å². The molecule has 2 heterocycles. The molecule has 0 fully saturated rings. The van der Waals surface area contributed by atoms with Gasteiger partial charge in [0, 0.05) is 6.20 Å². The fourth-order valence-corrected chi connectivity index (χ4v) is 3.82. The van der Waals surface area contributed by atoms with E-state index < -0.39 is 30.0 Å². The standard InChI is InChI=1S/C29H35N3O4/c1-19(2)10-15-25(33)32-26-27(22-8-6-5-7-9-22)36-23-13-11-21(12-14-23)16-17-30-28(34)24(18-20(3)4)31-29(26)35/h5-17,19-20,24,26-27H,18H2,1-4H3,(H,30,34)(H,31,35)(H,32,33)/b15-10+,17-16+/t24-,26-,27-/m1/s1. The maximum absolute atomic E-state index is 13.7. The van der Waals surface area contributed by atoms with Gasteiger partial charge in [-0.3, -0.25) is 14.4 Å². The number of carbonyl (C=O) groups excluding carboxylic acids is 3. The summed E-state index contributed by atoms with van der Waals surface area (Å²) in [5.41, 5.74) is 1.59. The highest BCUT2D eigenvalue weighted by atomic mass is 16.5. The highest BCUT2D eigenvalue weighted by molar-refractivity contribution is 5.95. The number of benzene rings is 2. The molecule has 7 heteroatoms. The molecule has 4 rings (SSSR count). The smallest absolute Gasteiger partial charge is 0.247 e. The van der Waals surface area contributed by atoms with Gasteiger partial charge in [-0.05, 0) is 53.7 Å². The maximum atomic E-state index is 13.7. The molecule has 0 saturated heterocycles. The quantitative estimate of drug-likeness (QED) is 0.532. The number of carbonyl (C=O) groups is 3. The number of hydrogen-bond donors (Lipinski definition) is 3. The van der Waals surface area contributed by atoms with Crippen molar-refractivity contribution in [3.63, 3.8) is 0 Å². The first-order valence-electron chi connectivity index (χ1n) is 12.3. The zero-order valence-electron chi connectivity index (χ0n) is 21.2. The van der Waals surface area contributed by atoms with E-state index in [0.717, 1.165) is 5.56 Å². The average Bonchev–Trinajstić information content (AvgIpc) is 2.85. The fraction of sp³-hybridized carbons (Fsp3) is 0.345. The predicted molar refractivity (Wildman–Crippen MR) is 141 cm³/mol. The van der Waals surface area contributed by atoms with E-state index in [9.17, 15) is 14.4 Å². The van der Waals surface area contributed by atoms with E-state index in [1.807, 2.05) is 70.2 Å². The van der Waals surface area contributed by atoms with Crippen LogP contribution in [-0.4, -0.2) is 29.8 Å². The maximum Gasteiger partial charge on any atom is 0.247 e. The Morgan fingerprint density at radius 1 is 1.00 bits per heavy atom. The number of allylic oxidation sites excluding steroid dienone is 1. The van der Waals surface area contributed by atoms with Gasteiger partial charge >= 0.3 is 0 Å². The first-order chi connectivity index (χ1) is 17.2. The molecular formula is C29H35N3O4. The van der Waals surface area contributed by atoms with Gasteiger partial charge in [0.25, 0.3) is 0 Å². The summed E-state index contributed by atoms with van der Waals surface area (Å²) in [7, 11) is 0. The molecule has 2 bridgehead atoms. The molecule has 0 aromatic heterocycles. The molecular weight excluding hydrogens is 454 g/mol. The summed E-state index contributed by atoms with van der Waals surface area (Å²) in [6, 6.07) is 14.7. The first-order valence-corrected chi connectivity index (χ1v) is 12.3. The largest absolute Gasteiger partial charge is 0.483 e. The number of nitrogens with one attached hydrogen (secondary N) is 3. The summed E-state index contributed by atoms with van der Waals surface area (Å²) in [6.07, 6.45) is 6.11. The van der Waals surface area contributed by atoms with Crippen molar-refractivity contribution in [2.24, 2.45) is 11.8 Å². The second-order valence-corrected chi connectivity index (χ2v) is 9.64. The van der Waals surface area contributed by atoms with E-state index in [0.29, 0.717) is 17.7 Å². The van der Waals surface area contributed by atoms with Crippen molar-refractivity contribution in [1.82, 2.24) is 16.0 Å². The lowest BCUT2D eigenvalue weighted by atomic mass is 9.98. The Morgan fingerprint density at radius 3 is 2.33 bits per heavy atom. The van der Waals surface area contributed by atoms with Crippen molar-refractivity contribution in [2.45, 2.75) is 52.3 Å². The lowest BCUT2D eigenvalue weighted by Crippen LogP contribution is -2.56. The van der Waals surface area contributed by atoms with E-state index in [1.165, 1.54) is 6.08 Å². The van der Waals surface area contributed by atoms with Crippen LogP contribution in [0, 0.1) is 11.8 Å². The summed E-state index contributed by atoms with van der Waals surface area (Å²) in [5.74, 6) is -0.389. The zero-order valence-corrected chi connectivity index (χ0v) is 21.2. The lowest BCUT2D eigenvalue weighted by Gasteiger charge is -2.30. The van der Waals surface area contributed by atoms with E-state index in [2.05, 4.69) is 16.0 Å². The third-order valence-corrected chi connectivity index (χ3v) is 5.63. The topological polar surface area (TPSA) is 96.5 Å². The third kappa shape index (κ3) is 7.83. The van der Waals surface area contributed by atoms with Crippen LogP contribution in [0.1, 0.15) is 51.3 Å². The highest BCUT2D eigenvalue weighted by Gasteiger charge is 2.35. The third-order valence-electron chi connectivity index (χ3n) is 5.63. The minimum absolute atomic E-state index is 0.152. The SMILES string of the molecule is CC(C)/C=C/C(=O)N[C@H]1C(=O)N[C@H](CC(C)C)C(=O)N/C=C/c2ccc(cc2)O[C@@H]1c1ccccc1. The number of hydrogen-bond acceptors (Lipinski definition) is 4. The Balaban J connectivity index is 2.07. The van der Waals surface area contributed by atoms with Gasteiger partial charge < -0.3 is 20.7 Å². The van der Waals surface area contributed by atoms with Crippen molar-refractivity contribution >= 4 is 23.8 Å². The van der Waals surface area contributed by atoms with Gasteiger partial charge in [-0.2, -0.15) is 0 Å². The van der Waals surface area contributed by atoms with Gasteiger partial charge in [0.1, 0.15) is 17.8 Å². The second-order valence-electron chi connectivity index (χ2n) is 9.64. The molecule has 7 nitrogen and oxygen atoms in total. The van der Waals surface area contributed by atoms with Crippen LogP contribution in [0.15, 0.2) is 72.9 Å². The van der Waals surface area contributed by atoms with Crippen LogP contribution < -0.4 is 20.7 Å². The summed E-state index contributed by atoms with van der Waals surface area (Å²) < 4.78 is 6.33. The Bertz CT molecular complexity index is 1090. The van der Waals surface area contributed by atoms with Crippen molar-refractivity contribution in [3.05, 3.63) is 84.1 Å². The number of ether oxygens (including phenoxy) is 1. The monoisotopic (exact) mass is 489 g/mol. The molecule has 0 unspecified atom stereocenters. The molecule has 0 saturated carbocycles. The van der Waals surface area contributed by atoms with Crippen molar-refractivity contribution in [2.75, 3.05) is 0 Å². The molecule has 0 radical (unpaired) electrons. The average molecular weight is 490 g/mol. The minimum Gasteiger partial charge on any atom is -0.483 e. The molecule has 2 aromatic carbocycles. The van der Waals surface area contributed by atoms with Gasteiger partial charge in [-0.15, -0.1) is 0 Å². The van der Waals surface area contributed by atoms with Crippen LogP contribution in [0.25, 0.3) is 6.08 Å². The minimum atomic E-state index is -1.10. The summed E-state index contributed by atoms with van der Waals surface area (Å²) >= 11 is 0. The molecule has 3 atom stereocenters. The predicted octanol–water partition coefficient (Wildman–Crippen LogP) is 4.14. The van der Waals surface area contributed by atoms with Gasteiger partial charge in [-0.1, -0.05) is 76.2 Å². The second kappa shape index (κ2) is 12.7. The van der Waals surface area contributed by atoms with Crippen LogP contribution in [0.4, 0.5) is 0 Å². The summed E-state index contributed by atoms with van der Waals surface area (Å²) in [6.45, 7) is 7.88. The van der Waals surface area contributed by atoms with Crippen molar-refractivity contribution in [3.8, 4) is 5.75 Å². The molecule has 3 amide bonds.